The molecule has 0 fully saturated rings. The Morgan fingerprint density at radius 1 is 1.36 bits per heavy atom. The van der Waals surface area contributed by atoms with Crippen molar-refractivity contribution in [3.8, 4) is 0 Å². The molecule has 0 saturated heterocycles. The molecule has 4 nitrogen and oxygen atoms in total. The first-order chi connectivity index (χ1) is 6.92. The van der Waals surface area contributed by atoms with Gasteiger partial charge in [0.05, 0.1) is 18.1 Å². The van der Waals surface area contributed by atoms with Crippen molar-refractivity contribution in [1.29, 1.82) is 0 Å². The number of aromatic nitrogens is 3. The van der Waals surface area contributed by atoms with E-state index in [0.717, 1.165) is 5.69 Å². The molecule has 1 unspecified atom stereocenters. The molecule has 2 heterocycles. The van der Waals surface area contributed by atoms with E-state index in [-0.39, 0.29) is 6.04 Å². The summed E-state index contributed by atoms with van der Waals surface area (Å²) in [7, 11) is 0. The maximum Gasteiger partial charge on any atom is 0.0952 e. The van der Waals surface area contributed by atoms with Crippen molar-refractivity contribution in [2.24, 2.45) is 5.73 Å². The molecule has 0 spiro atoms. The maximum atomic E-state index is 5.71. The highest BCUT2D eigenvalue weighted by molar-refractivity contribution is 5.10. The summed E-state index contributed by atoms with van der Waals surface area (Å²) in [4.78, 5) is 8.27. The van der Waals surface area contributed by atoms with Gasteiger partial charge in [-0.3, -0.25) is 4.98 Å². The highest BCUT2D eigenvalue weighted by Crippen LogP contribution is 2.13. The van der Waals surface area contributed by atoms with E-state index in [4.69, 9.17) is 5.73 Å². The SMILES string of the molecule is NCC(c1ccccn1)n1ccnc1. The van der Waals surface area contributed by atoms with Crippen LogP contribution in [0.1, 0.15) is 11.7 Å². The van der Waals surface area contributed by atoms with E-state index < -0.39 is 0 Å². The minimum Gasteiger partial charge on any atom is -0.328 e. The number of hydrogen-bond acceptors (Lipinski definition) is 3. The Morgan fingerprint density at radius 3 is 2.86 bits per heavy atom. The quantitative estimate of drug-likeness (QED) is 0.776. The molecule has 0 aliphatic rings. The van der Waals surface area contributed by atoms with Crippen LogP contribution in [0.15, 0.2) is 43.1 Å². The molecule has 14 heavy (non-hydrogen) atoms. The Hall–Kier alpha value is -1.68. The number of hydrogen-bond donors (Lipinski definition) is 1. The first-order valence-electron chi connectivity index (χ1n) is 4.50. The van der Waals surface area contributed by atoms with E-state index in [9.17, 15) is 0 Å². The van der Waals surface area contributed by atoms with E-state index in [1.807, 2.05) is 29.0 Å². The lowest BCUT2D eigenvalue weighted by molar-refractivity contribution is 0.578. The zero-order valence-electron chi connectivity index (χ0n) is 7.74. The van der Waals surface area contributed by atoms with Crippen LogP contribution in [-0.2, 0) is 0 Å². The lowest BCUT2D eigenvalue weighted by atomic mass is 10.2. The van der Waals surface area contributed by atoms with Crippen LogP contribution in [0.3, 0.4) is 0 Å². The predicted molar refractivity (Wildman–Crippen MR) is 53.7 cm³/mol. The molecule has 0 saturated carbocycles. The summed E-state index contributed by atoms with van der Waals surface area (Å²) in [5.74, 6) is 0. The van der Waals surface area contributed by atoms with Crippen LogP contribution < -0.4 is 5.73 Å². The molecule has 1 atom stereocenters. The lowest BCUT2D eigenvalue weighted by Gasteiger charge is -2.15. The fraction of sp³-hybridized carbons (Fsp3) is 0.200. The van der Waals surface area contributed by atoms with Gasteiger partial charge in [-0.1, -0.05) is 6.07 Å². The van der Waals surface area contributed by atoms with E-state index in [1.165, 1.54) is 0 Å². The molecule has 2 aromatic rings. The van der Waals surface area contributed by atoms with E-state index >= 15 is 0 Å². The fourth-order valence-corrected chi connectivity index (χ4v) is 1.42. The summed E-state index contributed by atoms with van der Waals surface area (Å²) in [5, 5.41) is 0. The molecule has 0 amide bonds. The van der Waals surface area contributed by atoms with Crippen molar-refractivity contribution in [3.63, 3.8) is 0 Å². The van der Waals surface area contributed by atoms with Crippen molar-refractivity contribution < 1.29 is 0 Å². The highest BCUT2D eigenvalue weighted by atomic mass is 15.1. The molecule has 0 radical (unpaired) electrons. The summed E-state index contributed by atoms with van der Waals surface area (Å²) >= 11 is 0. The van der Waals surface area contributed by atoms with Gasteiger partial charge >= 0.3 is 0 Å². The zero-order chi connectivity index (χ0) is 9.80. The topological polar surface area (TPSA) is 56.7 Å². The molecule has 72 valence electrons. The number of rotatable bonds is 3. The highest BCUT2D eigenvalue weighted by Gasteiger charge is 2.11. The van der Waals surface area contributed by atoms with Gasteiger partial charge in [-0.05, 0) is 12.1 Å². The average molecular weight is 188 g/mol. The van der Waals surface area contributed by atoms with E-state index in [2.05, 4.69) is 9.97 Å². The summed E-state index contributed by atoms with van der Waals surface area (Å²) in [6, 6.07) is 5.91. The Bertz CT molecular complexity index is 368. The zero-order valence-corrected chi connectivity index (χ0v) is 7.74. The van der Waals surface area contributed by atoms with Gasteiger partial charge in [-0.2, -0.15) is 0 Å². The molecular formula is C10H12N4. The number of pyridine rings is 1. The minimum atomic E-state index is 0.0821. The van der Waals surface area contributed by atoms with Crippen molar-refractivity contribution >= 4 is 0 Å². The smallest absolute Gasteiger partial charge is 0.0952 e. The lowest BCUT2D eigenvalue weighted by Crippen LogP contribution is -2.20. The van der Waals surface area contributed by atoms with E-state index in [1.54, 1.807) is 18.7 Å². The summed E-state index contributed by atoms with van der Waals surface area (Å²) in [6.45, 7) is 0.521. The molecule has 4 heteroatoms. The Kier molecular flexibility index (Phi) is 2.55. The number of nitrogens with two attached hydrogens (primary N) is 1. The molecule has 2 aromatic heterocycles. The van der Waals surface area contributed by atoms with E-state index in [0.29, 0.717) is 6.54 Å². The van der Waals surface area contributed by atoms with Crippen LogP contribution >= 0.6 is 0 Å². The molecule has 2 N–H and O–H groups in total. The van der Waals surface area contributed by atoms with Crippen LogP contribution in [0.25, 0.3) is 0 Å². The van der Waals surface area contributed by atoms with Gasteiger partial charge in [-0.25, -0.2) is 4.98 Å². The molecule has 0 aliphatic heterocycles. The third kappa shape index (κ3) is 1.65. The van der Waals surface area contributed by atoms with Gasteiger partial charge in [-0.15, -0.1) is 0 Å². The number of imidazole rings is 1. The monoisotopic (exact) mass is 188 g/mol. The normalized spacial score (nSPS) is 12.6. The van der Waals surface area contributed by atoms with Crippen LogP contribution in [-0.4, -0.2) is 21.1 Å². The van der Waals surface area contributed by atoms with Crippen LogP contribution in [0.4, 0.5) is 0 Å². The van der Waals surface area contributed by atoms with Gasteiger partial charge in [0, 0.05) is 25.1 Å². The summed E-state index contributed by atoms with van der Waals surface area (Å²) in [6.07, 6.45) is 7.17. The standard InChI is InChI=1S/C10H12N4/c11-7-10(14-6-5-12-8-14)9-3-1-2-4-13-9/h1-6,8,10H,7,11H2. The van der Waals surface area contributed by atoms with Crippen LogP contribution in [0.5, 0.6) is 0 Å². The van der Waals surface area contributed by atoms with Crippen LogP contribution in [0, 0.1) is 0 Å². The molecule has 0 aliphatic carbocycles. The second-order valence-corrected chi connectivity index (χ2v) is 3.02. The molecule has 0 bridgehead atoms. The van der Waals surface area contributed by atoms with Crippen molar-refractivity contribution in [2.75, 3.05) is 6.54 Å². The van der Waals surface area contributed by atoms with Gasteiger partial charge in [0.1, 0.15) is 0 Å². The molecule has 0 aromatic carbocycles. The average Bonchev–Trinajstić information content (AvgIpc) is 2.74. The third-order valence-electron chi connectivity index (χ3n) is 2.14. The third-order valence-corrected chi connectivity index (χ3v) is 2.14. The largest absolute Gasteiger partial charge is 0.328 e. The van der Waals surface area contributed by atoms with Gasteiger partial charge in [0.15, 0.2) is 0 Å². The van der Waals surface area contributed by atoms with Crippen molar-refractivity contribution in [3.05, 3.63) is 48.8 Å². The Labute approximate surface area is 82.4 Å². The van der Waals surface area contributed by atoms with Crippen LogP contribution in [0.2, 0.25) is 0 Å². The number of nitrogens with zero attached hydrogens (tertiary/aromatic N) is 3. The molecule has 2 rings (SSSR count). The van der Waals surface area contributed by atoms with Crippen molar-refractivity contribution in [1.82, 2.24) is 14.5 Å². The summed E-state index contributed by atoms with van der Waals surface area (Å²) < 4.78 is 1.96. The Morgan fingerprint density at radius 2 is 2.29 bits per heavy atom. The summed E-state index contributed by atoms with van der Waals surface area (Å²) in [5.41, 5.74) is 6.67. The predicted octanol–water partition coefficient (Wildman–Crippen LogP) is 0.826. The minimum absolute atomic E-state index is 0.0821. The van der Waals surface area contributed by atoms with Crippen molar-refractivity contribution in [2.45, 2.75) is 6.04 Å². The fourth-order valence-electron chi connectivity index (χ4n) is 1.42. The maximum absolute atomic E-state index is 5.71. The van der Waals surface area contributed by atoms with Gasteiger partial charge in [0.25, 0.3) is 0 Å². The van der Waals surface area contributed by atoms with Gasteiger partial charge < -0.3 is 10.3 Å². The second kappa shape index (κ2) is 4.02. The molecular weight excluding hydrogens is 176 g/mol. The first-order valence-corrected chi connectivity index (χ1v) is 4.50. The first kappa shape index (κ1) is 8.90. The Balaban J connectivity index is 2.31. The second-order valence-electron chi connectivity index (χ2n) is 3.02. The van der Waals surface area contributed by atoms with Gasteiger partial charge in [0.2, 0.25) is 0 Å².